The highest BCUT2D eigenvalue weighted by Gasteiger charge is 2.22. The van der Waals surface area contributed by atoms with Crippen LogP contribution in [0, 0.1) is 11.6 Å². The van der Waals surface area contributed by atoms with E-state index in [1.54, 1.807) is 4.90 Å². The zero-order valence-corrected chi connectivity index (χ0v) is 10.6. The zero-order valence-electron chi connectivity index (χ0n) is 10.6. The van der Waals surface area contributed by atoms with Crippen molar-refractivity contribution in [3.63, 3.8) is 0 Å². The van der Waals surface area contributed by atoms with Crippen LogP contribution >= 0.6 is 0 Å². The minimum Gasteiger partial charge on any atom is -0.364 e. The Balaban J connectivity index is 1.97. The third-order valence-electron chi connectivity index (χ3n) is 3.54. The topological polar surface area (TPSA) is 12.5 Å². The molecule has 0 aromatic heterocycles. The van der Waals surface area contributed by atoms with Gasteiger partial charge < -0.3 is 4.90 Å². The van der Waals surface area contributed by atoms with Crippen molar-refractivity contribution in [1.29, 1.82) is 0 Å². The molecule has 3 rings (SSSR count). The summed E-state index contributed by atoms with van der Waals surface area (Å²) in [5.41, 5.74) is 2.28. The molecule has 1 heterocycles. The Kier molecular flexibility index (Phi) is 3.26. The van der Waals surface area contributed by atoms with Gasteiger partial charge in [0.25, 0.3) is 0 Å². The summed E-state index contributed by atoms with van der Waals surface area (Å²) in [7, 11) is 0. The molecular formula is C15H12F3NO. The van der Waals surface area contributed by atoms with Crippen LogP contribution in [0.4, 0.5) is 19.0 Å². The molecule has 5 heteroatoms. The standard InChI is InChI=1S/C15H12F3NO/c16-13-7-12(20-18)8-14(15(13)17)19-6-5-10-3-1-2-4-11(10)9-19/h1-4,7-8H,5-6,9H2. The lowest BCUT2D eigenvalue weighted by molar-refractivity contribution is -0.00662. The van der Waals surface area contributed by atoms with Crippen molar-refractivity contribution in [2.45, 2.75) is 13.0 Å². The van der Waals surface area contributed by atoms with Gasteiger partial charge in [0.1, 0.15) is 0 Å². The van der Waals surface area contributed by atoms with Gasteiger partial charge in [-0.3, -0.25) is 4.94 Å². The predicted molar refractivity (Wildman–Crippen MR) is 69.3 cm³/mol. The molecule has 0 amide bonds. The average Bonchev–Trinajstić information content (AvgIpc) is 2.49. The number of fused-ring (bicyclic) bond motifs is 1. The molecule has 1 aliphatic heterocycles. The predicted octanol–water partition coefficient (Wildman–Crippen LogP) is 3.79. The van der Waals surface area contributed by atoms with Gasteiger partial charge in [0.05, 0.1) is 5.69 Å². The molecule has 0 fully saturated rings. The number of hydrogen-bond acceptors (Lipinski definition) is 2. The first kappa shape index (κ1) is 12.8. The summed E-state index contributed by atoms with van der Waals surface area (Å²) in [4.78, 5) is 5.20. The van der Waals surface area contributed by atoms with Crippen molar-refractivity contribution in [3.05, 3.63) is 59.2 Å². The van der Waals surface area contributed by atoms with E-state index >= 15 is 0 Å². The number of nitrogens with zero attached hydrogens (tertiary/aromatic N) is 1. The molecule has 20 heavy (non-hydrogen) atoms. The molecule has 2 aromatic rings. The fraction of sp³-hybridized carbons (Fsp3) is 0.200. The van der Waals surface area contributed by atoms with Crippen molar-refractivity contribution in [1.82, 2.24) is 0 Å². The molecule has 1 aliphatic rings. The van der Waals surface area contributed by atoms with E-state index in [-0.39, 0.29) is 11.4 Å². The normalized spacial score (nSPS) is 14.1. The molecule has 0 radical (unpaired) electrons. The van der Waals surface area contributed by atoms with Gasteiger partial charge in [-0.05, 0) is 17.5 Å². The van der Waals surface area contributed by atoms with Gasteiger partial charge in [0.2, 0.25) is 0 Å². The summed E-state index contributed by atoms with van der Waals surface area (Å²) >= 11 is 0. The minimum atomic E-state index is -1.12. The van der Waals surface area contributed by atoms with Crippen LogP contribution in [0.15, 0.2) is 36.4 Å². The molecule has 0 N–H and O–H groups in total. The van der Waals surface area contributed by atoms with E-state index in [1.807, 2.05) is 24.3 Å². The highest BCUT2D eigenvalue weighted by atomic mass is 19.3. The number of anilines is 1. The van der Waals surface area contributed by atoms with E-state index in [4.69, 9.17) is 0 Å². The molecule has 0 saturated heterocycles. The summed E-state index contributed by atoms with van der Waals surface area (Å²) in [6, 6.07) is 9.69. The van der Waals surface area contributed by atoms with Crippen molar-refractivity contribution in [2.24, 2.45) is 0 Å². The molecule has 0 spiro atoms. The van der Waals surface area contributed by atoms with Crippen molar-refractivity contribution >= 4 is 5.69 Å². The van der Waals surface area contributed by atoms with Gasteiger partial charge in [-0.2, -0.15) is 0 Å². The molecule has 2 aromatic carbocycles. The molecule has 0 aliphatic carbocycles. The van der Waals surface area contributed by atoms with Gasteiger partial charge in [0.15, 0.2) is 17.4 Å². The first-order valence-electron chi connectivity index (χ1n) is 6.28. The van der Waals surface area contributed by atoms with Crippen LogP contribution in [0.5, 0.6) is 5.75 Å². The number of halogens is 3. The Hall–Kier alpha value is -2.17. The number of benzene rings is 2. The van der Waals surface area contributed by atoms with E-state index in [9.17, 15) is 13.3 Å². The second-order valence-electron chi connectivity index (χ2n) is 4.76. The number of rotatable bonds is 2. The molecule has 0 unspecified atom stereocenters. The molecule has 104 valence electrons. The Bertz CT molecular complexity index is 645. The van der Waals surface area contributed by atoms with Crippen molar-refractivity contribution in [3.8, 4) is 5.75 Å². The zero-order chi connectivity index (χ0) is 14.1. The maximum absolute atomic E-state index is 13.9. The van der Waals surface area contributed by atoms with Crippen LogP contribution < -0.4 is 9.84 Å². The van der Waals surface area contributed by atoms with Gasteiger partial charge in [-0.15, -0.1) is 0 Å². The second-order valence-corrected chi connectivity index (χ2v) is 4.76. The highest BCUT2D eigenvalue weighted by molar-refractivity contribution is 5.54. The van der Waals surface area contributed by atoms with Gasteiger partial charge in [0, 0.05) is 29.7 Å². The minimum absolute atomic E-state index is 0.0205. The molecule has 2 nitrogen and oxygen atoms in total. The monoisotopic (exact) mass is 279 g/mol. The summed E-state index contributed by atoms with van der Waals surface area (Å²) < 4.78 is 39.5. The first-order valence-corrected chi connectivity index (χ1v) is 6.28. The van der Waals surface area contributed by atoms with E-state index < -0.39 is 11.6 Å². The maximum Gasteiger partial charge on any atom is 0.182 e. The molecular weight excluding hydrogens is 267 g/mol. The van der Waals surface area contributed by atoms with E-state index in [0.29, 0.717) is 19.2 Å². The van der Waals surface area contributed by atoms with Gasteiger partial charge >= 0.3 is 0 Å². The van der Waals surface area contributed by atoms with E-state index in [2.05, 4.69) is 4.94 Å². The fourth-order valence-corrected chi connectivity index (χ4v) is 2.53. The van der Waals surface area contributed by atoms with Crippen LogP contribution in [0.2, 0.25) is 0 Å². The lowest BCUT2D eigenvalue weighted by atomic mass is 9.99. The van der Waals surface area contributed by atoms with Crippen molar-refractivity contribution < 1.29 is 18.2 Å². The average molecular weight is 279 g/mol. The van der Waals surface area contributed by atoms with Crippen molar-refractivity contribution in [2.75, 3.05) is 11.4 Å². The van der Waals surface area contributed by atoms with E-state index in [1.165, 1.54) is 11.6 Å². The summed E-state index contributed by atoms with van der Waals surface area (Å²) in [5.74, 6) is -2.43. The Morgan fingerprint density at radius 3 is 2.55 bits per heavy atom. The van der Waals surface area contributed by atoms with Crippen LogP contribution in [-0.2, 0) is 13.0 Å². The van der Waals surface area contributed by atoms with Gasteiger partial charge in [-0.25, -0.2) is 8.78 Å². The van der Waals surface area contributed by atoms with Crippen LogP contribution in [0.25, 0.3) is 0 Å². The Labute approximate surface area is 114 Å². The van der Waals surface area contributed by atoms with Crippen LogP contribution in [0.3, 0.4) is 0 Å². The second kappa shape index (κ2) is 5.07. The fourth-order valence-electron chi connectivity index (χ4n) is 2.53. The maximum atomic E-state index is 13.9. The quantitative estimate of drug-likeness (QED) is 0.829. The lowest BCUT2D eigenvalue weighted by Crippen LogP contribution is -2.31. The van der Waals surface area contributed by atoms with Crippen LogP contribution in [-0.4, -0.2) is 6.54 Å². The molecule has 0 saturated carbocycles. The lowest BCUT2D eigenvalue weighted by Gasteiger charge is -2.31. The first-order chi connectivity index (χ1) is 9.69. The SMILES string of the molecule is FOc1cc(F)c(F)c(N2CCc3ccccc3C2)c1. The number of hydrogen-bond donors (Lipinski definition) is 0. The van der Waals surface area contributed by atoms with E-state index in [0.717, 1.165) is 12.0 Å². The van der Waals surface area contributed by atoms with Gasteiger partial charge in [-0.1, -0.05) is 24.3 Å². The highest BCUT2D eigenvalue weighted by Crippen LogP contribution is 2.31. The largest absolute Gasteiger partial charge is 0.364 e. The summed E-state index contributed by atoms with van der Waals surface area (Å²) in [5, 5.41) is 0. The smallest absolute Gasteiger partial charge is 0.182 e. The molecule has 0 bridgehead atoms. The summed E-state index contributed by atoms with van der Waals surface area (Å²) in [6.45, 7) is 1.01. The Morgan fingerprint density at radius 2 is 1.80 bits per heavy atom. The van der Waals surface area contributed by atoms with Crippen LogP contribution in [0.1, 0.15) is 11.1 Å². The molecule has 0 atom stereocenters. The Morgan fingerprint density at radius 1 is 1.05 bits per heavy atom. The third kappa shape index (κ3) is 2.19. The third-order valence-corrected chi connectivity index (χ3v) is 3.54. The summed E-state index contributed by atoms with van der Waals surface area (Å²) in [6.07, 6.45) is 0.734.